The molecule has 4 nitrogen and oxygen atoms in total. The van der Waals surface area contributed by atoms with Gasteiger partial charge in [0.2, 0.25) is 0 Å². The number of halogens is 1. The van der Waals surface area contributed by atoms with Gasteiger partial charge in [-0.15, -0.1) is 0 Å². The van der Waals surface area contributed by atoms with Gasteiger partial charge in [0.1, 0.15) is 6.33 Å². The predicted octanol–water partition coefficient (Wildman–Crippen LogP) is 4.51. The molecule has 0 aliphatic rings. The number of carboxylic acid groups (broad SMARTS) is 1. The molecule has 0 aliphatic carbocycles. The van der Waals surface area contributed by atoms with Crippen molar-refractivity contribution in [1.29, 1.82) is 0 Å². The van der Waals surface area contributed by atoms with E-state index in [1.54, 1.807) is 24.5 Å². The molecule has 0 fully saturated rings. The molecule has 2 aromatic carbocycles. The zero-order valence-corrected chi connectivity index (χ0v) is 13.3. The molecule has 0 atom stereocenters. The van der Waals surface area contributed by atoms with Gasteiger partial charge in [0.15, 0.2) is 0 Å². The quantitative estimate of drug-likeness (QED) is 0.742. The number of hydrogen-bond donors (Lipinski definition) is 1. The molecule has 0 saturated heterocycles. The monoisotopic (exact) mass is 346 g/mol. The molecule has 1 N–H and O–H groups in total. The maximum Gasteiger partial charge on any atom is 0.335 e. The van der Waals surface area contributed by atoms with E-state index in [9.17, 15) is 4.79 Å². The van der Waals surface area contributed by atoms with E-state index in [1.165, 1.54) is 0 Å². The lowest BCUT2D eigenvalue weighted by molar-refractivity contribution is 0.0697. The maximum atomic E-state index is 10.9. The summed E-state index contributed by atoms with van der Waals surface area (Å²) in [5, 5.41) is 8.96. The third-order valence-electron chi connectivity index (χ3n) is 2.88. The van der Waals surface area contributed by atoms with Gasteiger partial charge in [-0.2, -0.15) is 0 Å². The van der Waals surface area contributed by atoms with Crippen molar-refractivity contribution in [3.63, 3.8) is 0 Å². The van der Waals surface area contributed by atoms with Crippen LogP contribution in [0.2, 0.25) is 0 Å². The molecule has 0 bridgehead atoms. The number of nitrogens with zero attached hydrogens (tertiary/aromatic N) is 2. The fraction of sp³-hybridized carbons (Fsp3) is 0.125. The van der Waals surface area contributed by atoms with Gasteiger partial charge in [-0.25, -0.2) is 9.78 Å². The number of carboxylic acids is 1. The summed E-state index contributed by atoms with van der Waals surface area (Å²) in [6, 6.07) is 12.8. The van der Waals surface area contributed by atoms with E-state index in [1.807, 2.05) is 42.7 Å². The van der Waals surface area contributed by atoms with Crippen LogP contribution in [0.1, 0.15) is 24.2 Å². The Hall–Kier alpha value is -2.14. The van der Waals surface area contributed by atoms with Crippen molar-refractivity contribution in [3.05, 3.63) is 58.8 Å². The van der Waals surface area contributed by atoms with Gasteiger partial charge in [0.25, 0.3) is 0 Å². The maximum absolute atomic E-state index is 10.9. The molecule has 0 amide bonds. The Morgan fingerprint density at radius 3 is 2.62 bits per heavy atom. The summed E-state index contributed by atoms with van der Waals surface area (Å²) in [6.45, 7) is 4.00. The van der Waals surface area contributed by atoms with Crippen molar-refractivity contribution < 1.29 is 9.90 Å². The molecule has 21 heavy (non-hydrogen) atoms. The Morgan fingerprint density at radius 1 is 1.19 bits per heavy atom. The molecule has 0 unspecified atom stereocenters. The third kappa shape index (κ3) is 3.13. The number of rotatable bonds is 2. The minimum absolute atomic E-state index is 0.243. The van der Waals surface area contributed by atoms with Crippen LogP contribution in [0.25, 0.3) is 16.7 Å². The summed E-state index contributed by atoms with van der Waals surface area (Å²) in [5.74, 6) is -0.945. The summed E-state index contributed by atoms with van der Waals surface area (Å²) < 4.78 is 2.90. The average molecular weight is 347 g/mol. The SMILES string of the molecule is CC.O=C(O)c1ccc2c(c1)ncn2-c1cccc(Br)c1. The van der Waals surface area contributed by atoms with Gasteiger partial charge in [0, 0.05) is 10.2 Å². The van der Waals surface area contributed by atoms with Gasteiger partial charge in [-0.3, -0.25) is 4.57 Å². The Labute approximate surface area is 131 Å². The van der Waals surface area contributed by atoms with Gasteiger partial charge in [0.05, 0.1) is 16.6 Å². The largest absolute Gasteiger partial charge is 0.478 e. The molecule has 3 aromatic rings. The van der Waals surface area contributed by atoms with E-state index in [4.69, 9.17) is 5.11 Å². The zero-order chi connectivity index (χ0) is 15.4. The van der Waals surface area contributed by atoms with Crippen LogP contribution in [0.4, 0.5) is 0 Å². The van der Waals surface area contributed by atoms with E-state index < -0.39 is 5.97 Å². The van der Waals surface area contributed by atoms with Crippen LogP contribution in [0.15, 0.2) is 53.3 Å². The topological polar surface area (TPSA) is 55.1 Å². The molecule has 108 valence electrons. The highest BCUT2D eigenvalue weighted by Crippen LogP contribution is 2.21. The number of carbonyl (C=O) groups is 1. The summed E-state index contributed by atoms with van der Waals surface area (Å²) in [7, 11) is 0. The normalized spacial score (nSPS) is 10.0. The predicted molar refractivity (Wildman–Crippen MR) is 87.1 cm³/mol. The first-order valence-corrected chi connectivity index (χ1v) is 7.41. The zero-order valence-electron chi connectivity index (χ0n) is 11.7. The van der Waals surface area contributed by atoms with Crippen molar-refractivity contribution in [2.24, 2.45) is 0 Å². The van der Waals surface area contributed by atoms with E-state index in [0.717, 1.165) is 15.7 Å². The number of fused-ring (bicyclic) bond motifs is 1. The Kier molecular flexibility index (Phi) is 4.75. The summed E-state index contributed by atoms with van der Waals surface area (Å²) in [5.41, 5.74) is 2.76. The minimum Gasteiger partial charge on any atom is -0.478 e. The second-order valence-corrected chi connectivity index (χ2v) is 5.02. The number of hydrogen-bond acceptors (Lipinski definition) is 2. The van der Waals surface area contributed by atoms with Gasteiger partial charge >= 0.3 is 5.97 Å². The summed E-state index contributed by atoms with van der Waals surface area (Å²) >= 11 is 3.43. The fourth-order valence-electron chi connectivity index (χ4n) is 1.98. The summed E-state index contributed by atoms with van der Waals surface area (Å²) in [4.78, 5) is 15.2. The first-order valence-electron chi connectivity index (χ1n) is 6.61. The lowest BCUT2D eigenvalue weighted by Crippen LogP contribution is -1.96. The standard InChI is InChI=1S/C14H9BrN2O2.C2H6/c15-10-2-1-3-11(7-10)17-8-16-12-6-9(14(18)19)4-5-13(12)17;1-2/h1-8H,(H,18,19);1-2H3. The van der Waals surface area contributed by atoms with Crippen LogP contribution < -0.4 is 0 Å². The fourth-order valence-corrected chi connectivity index (χ4v) is 2.36. The minimum atomic E-state index is -0.945. The summed E-state index contributed by atoms with van der Waals surface area (Å²) in [6.07, 6.45) is 1.69. The van der Waals surface area contributed by atoms with E-state index in [0.29, 0.717) is 5.52 Å². The van der Waals surface area contributed by atoms with Crippen LogP contribution in [-0.2, 0) is 0 Å². The van der Waals surface area contributed by atoms with Crippen molar-refractivity contribution in [2.45, 2.75) is 13.8 Å². The highest BCUT2D eigenvalue weighted by molar-refractivity contribution is 9.10. The lowest BCUT2D eigenvalue weighted by atomic mass is 10.2. The van der Waals surface area contributed by atoms with Crippen LogP contribution in [0, 0.1) is 0 Å². The van der Waals surface area contributed by atoms with Crippen molar-refractivity contribution in [1.82, 2.24) is 9.55 Å². The number of aromatic carboxylic acids is 1. The first kappa shape index (κ1) is 15.3. The first-order chi connectivity index (χ1) is 10.1. The molecule has 0 spiro atoms. The van der Waals surface area contributed by atoms with Crippen LogP contribution in [0.5, 0.6) is 0 Å². The number of imidazole rings is 1. The Morgan fingerprint density at radius 2 is 1.95 bits per heavy atom. The lowest BCUT2D eigenvalue weighted by Gasteiger charge is -2.04. The van der Waals surface area contributed by atoms with Crippen LogP contribution >= 0.6 is 15.9 Å². The van der Waals surface area contributed by atoms with Crippen LogP contribution in [-0.4, -0.2) is 20.6 Å². The highest BCUT2D eigenvalue weighted by Gasteiger charge is 2.08. The number of benzene rings is 2. The molecule has 5 heteroatoms. The van der Waals surface area contributed by atoms with E-state index >= 15 is 0 Å². The second kappa shape index (κ2) is 6.54. The highest BCUT2D eigenvalue weighted by atomic mass is 79.9. The average Bonchev–Trinajstić information content (AvgIpc) is 2.92. The molecule has 0 radical (unpaired) electrons. The smallest absolute Gasteiger partial charge is 0.335 e. The van der Waals surface area contributed by atoms with E-state index in [-0.39, 0.29) is 5.56 Å². The van der Waals surface area contributed by atoms with E-state index in [2.05, 4.69) is 20.9 Å². The van der Waals surface area contributed by atoms with Crippen molar-refractivity contribution >= 4 is 32.9 Å². The van der Waals surface area contributed by atoms with Crippen molar-refractivity contribution in [3.8, 4) is 5.69 Å². The van der Waals surface area contributed by atoms with Crippen LogP contribution in [0.3, 0.4) is 0 Å². The van der Waals surface area contributed by atoms with Gasteiger partial charge in [-0.1, -0.05) is 35.8 Å². The third-order valence-corrected chi connectivity index (χ3v) is 3.37. The van der Waals surface area contributed by atoms with Gasteiger partial charge in [-0.05, 0) is 36.4 Å². The molecule has 1 heterocycles. The molecular formula is C16H15BrN2O2. The Bertz CT molecular complexity index is 781. The Balaban J connectivity index is 0.000000774. The molecular weight excluding hydrogens is 332 g/mol. The molecule has 0 aliphatic heterocycles. The molecule has 3 rings (SSSR count). The number of aromatic nitrogens is 2. The van der Waals surface area contributed by atoms with Gasteiger partial charge < -0.3 is 5.11 Å². The molecule has 1 aromatic heterocycles. The van der Waals surface area contributed by atoms with Crippen molar-refractivity contribution in [2.75, 3.05) is 0 Å². The molecule has 0 saturated carbocycles. The second-order valence-electron chi connectivity index (χ2n) is 4.10.